The van der Waals surface area contributed by atoms with E-state index in [1.165, 1.54) is 44.3 Å². The zero-order chi connectivity index (χ0) is 14.2. The molecule has 0 bridgehead atoms. The van der Waals surface area contributed by atoms with Gasteiger partial charge in [0.2, 0.25) is 0 Å². The number of nitrogens with one attached hydrogen (secondary N) is 1. The maximum atomic E-state index is 4.55. The minimum absolute atomic E-state index is 0.924. The summed E-state index contributed by atoms with van der Waals surface area (Å²) in [6.45, 7) is 6.36. The average Bonchev–Trinajstić information content (AvgIpc) is 2.45. The predicted octanol–water partition coefficient (Wildman–Crippen LogP) is 2.99. The molecule has 20 heavy (non-hydrogen) atoms. The van der Waals surface area contributed by atoms with E-state index in [9.17, 15) is 0 Å². The molecule has 0 saturated heterocycles. The van der Waals surface area contributed by atoms with Gasteiger partial charge in [-0.05, 0) is 51.4 Å². The molecule has 1 heterocycles. The molecule has 0 amide bonds. The van der Waals surface area contributed by atoms with Crippen LogP contribution in [0.2, 0.25) is 0 Å². The topological polar surface area (TPSA) is 28.2 Å². The highest BCUT2D eigenvalue weighted by Crippen LogP contribution is 2.22. The van der Waals surface area contributed by atoms with Crippen LogP contribution in [-0.2, 0) is 6.54 Å². The fourth-order valence-corrected chi connectivity index (χ4v) is 3.01. The summed E-state index contributed by atoms with van der Waals surface area (Å²) in [5, 5.41) is 3.62. The molecule has 1 saturated carbocycles. The van der Waals surface area contributed by atoms with Crippen molar-refractivity contribution in [3.05, 3.63) is 29.6 Å². The smallest absolute Gasteiger partial charge is 0.0547 e. The highest BCUT2D eigenvalue weighted by atomic mass is 15.1. The highest BCUT2D eigenvalue weighted by Gasteiger charge is 2.12. The third-order valence-corrected chi connectivity index (χ3v) is 4.21. The van der Waals surface area contributed by atoms with Gasteiger partial charge in [-0.1, -0.05) is 25.3 Å². The van der Waals surface area contributed by atoms with Crippen LogP contribution in [0.25, 0.3) is 0 Å². The Hall–Kier alpha value is -0.930. The summed E-state index contributed by atoms with van der Waals surface area (Å²) in [5.74, 6) is 0.924. The number of aryl methyl sites for hydroxylation is 1. The maximum absolute atomic E-state index is 4.55. The van der Waals surface area contributed by atoms with E-state index in [-0.39, 0.29) is 0 Å². The molecule has 0 aliphatic heterocycles. The minimum Gasteiger partial charge on any atom is -0.315 e. The molecule has 0 aromatic carbocycles. The molecule has 0 atom stereocenters. The van der Waals surface area contributed by atoms with Crippen LogP contribution >= 0.6 is 0 Å². The molecule has 1 aliphatic rings. The molecular formula is C17H29N3. The molecule has 1 aromatic rings. The van der Waals surface area contributed by atoms with Gasteiger partial charge < -0.3 is 5.32 Å². The number of hydrogen-bond acceptors (Lipinski definition) is 3. The third kappa shape index (κ3) is 5.59. The SMILES string of the molecule is Cc1cccc(CN(C)CCNCC2CCCCC2)n1. The zero-order valence-electron chi connectivity index (χ0n) is 13.1. The fraction of sp³-hybridized carbons (Fsp3) is 0.706. The first-order valence-corrected chi connectivity index (χ1v) is 8.06. The van der Waals surface area contributed by atoms with Gasteiger partial charge in [-0.2, -0.15) is 0 Å². The summed E-state index contributed by atoms with van der Waals surface area (Å²) in [6.07, 6.45) is 7.17. The highest BCUT2D eigenvalue weighted by molar-refractivity contribution is 5.09. The van der Waals surface area contributed by atoms with Crippen molar-refractivity contribution in [2.75, 3.05) is 26.7 Å². The van der Waals surface area contributed by atoms with Gasteiger partial charge in [0, 0.05) is 25.3 Å². The Morgan fingerprint density at radius 3 is 2.80 bits per heavy atom. The summed E-state index contributed by atoms with van der Waals surface area (Å²) < 4.78 is 0. The second kappa shape index (κ2) is 8.38. The van der Waals surface area contributed by atoms with Crippen molar-refractivity contribution in [2.45, 2.75) is 45.6 Å². The molecule has 0 spiro atoms. The van der Waals surface area contributed by atoms with Crippen LogP contribution < -0.4 is 5.32 Å². The van der Waals surface area contributed by atoms with E-state index < -0.39 is 0 Å². The first-order chi connectivity index (χ1) is 9.74. The number of hydrogen-bond donors (Lipinski definition) is 1. The van der Waals surface area contributed by atoms with Gasteiger partial charge in [0.25, 0.3) is 0 Å². The molecule has 3 nitrogen and oxygen atoms in total. The lowest BCUT2D eigenvalue weighted by Crippen LogP contribution is -2.32. The number of aromatic nitrogens is 1. The Bertz CT molecular complexity index is 386. The second-order valence-electron chi connectivity index (χ2n) is 6.22. The predicted molar refractivity (Wildman–Crippen MR) is 84.8 cm³/mol. The monoisotopic (exact) mass is 275 g/mol. The lowest BCUT2D eigenvalue weighted by Gasteiger charge is -2.23. The van der Waals surface area contributed by atoms with Crippen molar-refractivity contribution >= 4 is 0 Å². The zero-order valence-corrected chi connectivity index (χ0v) is 13.1. The van der Waals surface area contributed by atoms with Gasteiger partial charge in [0.05, 0.1) is 5.69 Å². The number of nitrogens with zero attached hydrogens (tertiary/aromatic N) is 2. The molecule has 0 unspecified atom stereocenters. The number of pyridine rings is 1. The molecule has 1 fully saturated rings. The molecule has 3 heteroatoms. The van der Waals surface area contributed by atoms with E-state index in [1.54, 1.807) is 0 Å². The number of rotatable bonds is 7. The summed E-state index contributed by atoms with van der Waals surface area (Å²) in [7, 11) is 2.17. The number of likely N-dealkylation sites (N-methyl/N-ethyl adjacent to an activating group) is 1. The van der Waals surface area contributed by atoms with E-state index in [2.05, 4.69) is 47.4 Å². The van der Waals surface area contributed by atoms with Crippen LogP contribution in [0.1, 0.15) is 43.5 Å². The summed E-state index contributed by atoms with van der Waals surface area (Å²) in [4.78, 5) is 6.90. The van der Waals surface area contributed by atoms with Crippen LogP contribution in [0, 0.1) is 12.8 Å². The minimum atomic E-state index is 0.924. The Kier molecular flexibility index (Phi) is 6.48. The van der Waals surface area contributed by atoms with Crippen molar-refractivity contribution in [3.8, 4) is 0 Å². The van der Waals surface area contributed by atoms with Crippen molar-refractivity contribution in [3.63, 3.8) is 0 Å². The second-order valence-corrected chi connectivity index (χ2v) is 6.22. The summed E-state index contributed by atoms with van der Waals surface area (Å²) in [5.41, 5.74) is 2.27. The summed E-state index contributed by atoms with van der Waals surface area (Å²) >= 11 is 0. The van der Waals surface area contributed by atoms with Gasteiger partial charge in [0.1, 0.15) is 0 Å². The fourth-order valence-electron chi connectivity index (χ4n) is 3.01. The van der Waals surface area contributed by atoms with Crippen molar-refractivity contribution in [1.82, 2.24) is 15.2 Å². The Labute approximate surface area is 123 Å². The molecule has 112 valence electrons. The molecular weight excluding hydrogens is 246 g/mol. The van der Waals surface area contributed by atoms with Crippen LogP contribution in [0.5, 0.6) is 0 Å². The van der Waals surface area contributed by atoms with Crippen LogP contribution in [0.3, 0.4) is 0 Å². The van der Waals surface area contributed by atoms with Gasteiger partial charge in [0.15, 0.2) is 0 Å². The molecule has 1 aromatic heterocycles. The Morgan fingerprint density at radius 1 is 1.25 bits per heavy atom. The lowest BCUT2D eigenvalue weighted by atomic mass is 9.89. The van der Waals surface area contributed by atoms with E-state index in [0.29, 0.717) is 0 Å². The van der Waals surface area contributed by atoms with E-state index in [0.717, 1.165) is 31.2 Å². The van der Waals surface area contributed by atoms with Crippen LogP contribution in [0.4, 0.5) is 0 Å². The standard InChI is InChI=1S/C17H29N3/c1-15-7-6-10-17(19-15)14-20(2)12-11-18-13-16-8-4-3-5-9-16/h6-7,10,16,18H,3-5,8-9,11-14H2,1-2H3. The Morgan fingerprint density at radius 2 is 2.05 bits per heavy atom. The summed E-state index contributed by atoms with van der Waals surface area (Å²) in [6, 6.07) is 6.25. The van der Waals surface area contributed by atoms with Crippen molar-refractivity contribution < 1.29 is 0 Å². The molecule has 1 N–H and O–H groups in total. The molecule has 2 rings (SSSR count). The quantitative estimate of drug-likeness (QED) is 0.775. The van der Waals surface area contributed by atoms with Gasteiger partial charge in [-0.15, -0.1) is 0 Å². The van der Waals surface area contributed by atoms with E-state index in [4.69, 9.17) is 0 Å². The van der Waals surface area contributed by atoms with E-state index >= 15 is 0 Å². The molecule has 0 radical (unpaired) electrons. The third-order valence-electron chi connectivity index (χ3n) is 4.21. The Balaban J connectivity index is 1.59. The first kappa shape index (κ1) is 15.5. The largest absolute Gasteiger partial charge is 0.315 e. The maximum Gasteiger partial charge on any atom is 0.0547 e. The van der Waals surface area contributed by atoms with Crippen molar-refractivity contribution in [2.24, 2.45) is 5.92 Å². The van der Waals surface area contributed by atoms with Crippen molar-refractivity contribution in [1.29, 1.82) is 0 Å². The molecule has 1 aliphatic carbocycles. The van der Waals surface area contributed by atoms with Gasteiger partial charge in [-0.25, -0.2) is 0 Å². The normalized spacial score (nSPS) is 16.8. The first-order valence-electron chi connectivity index (χ1n) is 8.06. The average molecular weight is 275 g/mol. The lowest BCUT2D eigenvalue weighted by molar-refractivity contribution is 0.301. The van der Waals surface area contributed by atoms with Gasteiger partial charge in [-0.3, -0.25) is 9.88 Å². The van der Waals surface area contributed by atoms with Crippen LogP contribution in [0.15, 0.2) is 18.2 Å². The van der Waals surface area contributed by atoms with E-state index in [1.807, 2.05) is 0 Å². The van der Waals surface area contributed by atoms with Gasteiger partial charge >= 0.3 is 0 Å². The van der Waals surface area contributed by atoms with Crippen LogP contribution in [-0.4, -0.2) is 36.6 Å².